The molecule has 1 aromatic carbocycles. The maximum atomic E-state index is 8.79. The summed E-state index contributed by atoms with van der Waals surface area (Å²) in [4.78, 5) is 4.42. The van der Waals surface area contributed by atoms with E-state index in [1.807, 2.05) is 29.6 Å². The second-order valence-electron chi connectivity index (χ2n) is 3.22. The number of nitrogens with two attached hydrogens (primary N) is 1. The van der Waals surface area contributed by atoms with Gasteiger partial charge >= 0.3 is 0 Å². The van der Waals surface area contributed by atoms with Crippen molar-refractivity contribution in [2.75, 3.05) is 12.3 Å². The van der Waals surface area contributed by atoms with Gasteiger partial charge in [0, 0.05) is 29.7 Å². The molecule has 0 unspecified atom stereocenters. The molecule has 0 atom stereocenters. The largest absolute Gasteiger partial charge is 0.399 e. The summed E-state index contributed by atoms with van der Waals surface area (Å²) in [6.07, 6.45) is 0.625. The van der Waals surface area contributed by atoms with Gasteiger partial charge in [0.05, 0.1) is 10.7 Å². The highest BCUT2D eigenvalue weighted by atomic mass is 32.1. The van der Waals surface area contributed by atoms with Crippen molar-refractivity contribution in [2.45, 2.75) is 6.42 Å². The topological polar surface area (TPSA) is 59.1 Å². The highest BCUT2D eigenvalue weighted by Gasteiger charge is 2.03. The third kappa shape index (κ3) is 2.34. The van der Waals surface area contributed by atoms with E-state index in [1.165, 1.54) is 0 Å². The van der Waals surface area contributed by atoms with Gasteiger partial charge < -0.3 is 10.8 Å². The molecule has 0 fully saturated rings. The number of aliphatic hydroxyl groups is 1. The van der Waals surface area contributed by atoms with Crippen LogP contribution in [-0.2, 0) is 6.42 Å². The fourth-order valence-corrected chi connectivity index (χ4v) is 2.10. The lowest BCUT2D eigenvalue weighted by atomic mass is 10.1. The van der Waals surface area contributed by atoms with Crippen molar-refractivity contribution in [3.05, 3.63) is 34.7 Å². The van der Waals surface area contributed by atoms with Crippen LogP contribution in [0.15, 0.2) is 29.6 Å². The highest BCUT2D eigenvalue weighted by Crippen LogP contribution is 2.22. The molecule has 0 saturated carbocycles. The lowest BCUT2D eigenvalue weighted by Gasteiger charge is -1.96. The summed E-state index contributed by atoms with van der Waals surface area (Å²) in [5.41, 5.74) is 8.37. The van der Waals surface area contributed by atoms with Crippen molar-refractivity contribution in [1.82, 2.24) is 4.98 Å². The molecule has 0 bridgehead atoms. The normalized spacial score (nSPS) is 10.5. The van der Waals surface area contributed by atoms with Crippen LogP contribution in [-0.4, -0.2) is 16.7 Å². The van der Waals surface area contributed by atoms with Gasteiger partial charge in [-0.15, -0.1) is 11.3 Å². The Morgan fingerprint density at radius 3 is 2.67 bits per heavy atom. The first-order chi connectivity index (χ1) is 7.29. The molecule has 2 rings (SSSR count). The van der Waals surface area contributed by atoms with Gasteiger partial charge in [0.25, 0.3) is 0 Å². The van der Waals surface area contributed by atoms with Gasteiger partial charge in [-0.1, -0.05) is 12.1 Å². The van der Waals surface area contributed by atoms with Crippen molar-refractivity contribution in [1.29, 1.82) is 0 Å². The summed E-state index contributed by atoms with van der Waals surface area (Å²) in [7, 11) is 0. The summed E-state index contributed by atoms with van der Waals surface area (Å²) in [5.74, 6) is 0. The molecule has 3 N–H and O–H groups in total. The van der Waals surface area contributed by atoms with Gasteiger partial charge in [0.1, 0.15) is 0 Å². The number of hydrogen-bond donors (Lipinski definition) is 2. The van der Waals surface area contributed by atoms with Crippen LogP contribution in [0, 0.1) is 0 Å². The van der Waals surface area contributed by atoms with Gasteiger partial charge in [-0.3, -0.25) is 0 Å². The molecule has 0 aliphatic carbocycles. The Hall–Kier alpha value is -1.39. The first-order valence-corrected chi connectivity index (χ1v) is 5.59. The van der Waals surface area contributed by atoms with Crippen LogP contribution < -0.4 is 5.73 Å². The number of rotatable bonds is 3. The monoisotopic (exact) mass is 220 g/mol. The molecular weight excluding hydrogens is 208 g/mol. The average molecular weight is 220 g/mol. The average Bonchev–Trinajstić information content (AvgIpc) is 2.68. The number of aliphatic hydroxyl groups excluding tert-OH is 1. The van der Waals surface area contributed by atoms with E-state index in [0.29, 0.717) is 6.42 Å². The van der Waals surface area contributed by atoms with E-state index in [9.17, 15) is 0 Å². The number of benzene rings is 1. The fraction of sp³-hybridized carbons (Fsp3) is 0.182. The molecule has 1 heterocycles. The zero-order chi connectivity index (χ0) is 10.7. The van der Waals surface area contributed by atoms with Crippen molar-refractivity contribution in [3.63, 3.8) is 0 Å². The Bertz CT molecular complexity index is 436. The summed E-state index contributed by atoms with van der Waals surface area (Å²) in [5, 5.41) is 11.7. The summed E-state index contributed by atoms with van der Waals surface area (Å²) >= 11 is 1.57. The Kier molecular flexibility index (Phi) is 2.99. The number of nitrogen functional groups attached to an aromatic ring is 1. The molecule has 4 heteroatoms. The minimum Gasteiger partial charge on any atom is -0.399 e. The second kappa shape index (κ2) is 4.42. The number of nitrogens with zero attached hydrogens (tertiary/aromatic N) is 1. The van der Waals surface area contributed by atoms with Crippen LogP contribution in [0.5, 0.6) is 0 Å². The maximum absolute atomic E-state index is 8.79. The number of aromatic nitrogens is 1. The van der Waals surface area contributed by atoms with Crippen LogP contribution in [0.25, 0.3) is 11.3 Å². The molecule has 0 aliphatic heterocycles. The fourth-order valence-electron chi connectivity index (χ4n) is 1.31. The third-order valence-electron chi connectivity index (χ3n) is 2.08. The Morgan fingerprint density at radius 1 is 1.27 bits per heavy atom. The van der Waals surface area contributed by atoms with Crippen LogP contribution in [0.2, 0.25) is 0 Å². The Labute approximate surface area is 92.2 Å². The minimum atomic E-state index is 0.148. The van der Waals surface area contributed by atoms with Gasteiger partial charge in [-0.25, -0.2) is 4.98 Å². The van der Waals surface area contributed by atoms with Gasteiger partial charge in [-0.05, 0) is 12.1 Å². The summed E-state index contributed by atoms with van der Waals surface area (Å²) < 4.78 is 0. The summed E-state index contributed by atoms with van der Waals surface area (Å²) in [6.45, 7) is 0.148. The summed E-state index contributed by atoms with van der Waals surface area (Å²) in [6, 6.07) is 7.63. The molecule has 0 radical (unpaired) electrons. The van der Waals surface area contributed by atoms with Crippen LogP contribution in [0.4, 0.5) is 5.69 Å². The minimum absolute atomic E-state index is 0.148. The molecular formula is C11H12N2OS. The van der Waals surface area contributed by atoms with Crippen LogP contribution in [0.1, 0.15) is 5.01 Å². The SMILES string of the molecule is Nc1ccc(-c2csc(CCO)n2)cc1. The van der Waals surface area contributed by atoms with E-state index in [2.05, 4.69) is 4.98 Å². The molecule has 1 aromatic heterocycles. The smallest absolute Gasteiger partial charge is 0.0955 e. The van der Waals surface area contributed by atoms with Gasteiger partial charge in [-0.2, -0.15) is 0 Å². The van der Waals surface area contributed by atoms with E-state index in [0.717, 1.165) is 22.0 Å². The zero-order valence-corrected chi connectivity index (χ0v) is 9.00. The van der Waals surface area contributed by atoms with E-state index >= 15 is 0 Å². The predicted octanol–water partition coefficient (Wildman–Crippen LogP) is 1.93. The first kappa shape index (κ1) is 10.1. The van der Waals surface area contributed by atoms with Crippen molar-refractivity contribution >= 4 is 17.0 Å². The molecule has 0 amide bonds. The Balaban J connectivity index is 2.25. The molecule has 78 valence electrons. The zero-order valence-electron chi connectivity index (χ0n) is 8.18. The number of anilines is 1. The molecule has 0 saturated heterocycles. The number of hydrogen-bond acceptors (Lipinski definition) is 4. The number of thiazole rings is 1. The van der Waals surface area contributed by atoms with Crippen LogP contribution in [0.3, 0.4) is 0 Å². The highest BCUT2D eigenvalue weighted by molar-refractivity contribution is 7.09. The lowest BCUT2D eigenvalue weighted by Crippen LogP contribution is -1.89. The standard InChI is InChI=1S/C11H12N2OS/c12-9-3-1-8(2-4-9)10-7-15-11(13-10)5-6-14/h1-4,7,14H,5-6,12H2. The molecule has 15 heavy (non-hydrogen) atoms. The van der Waals surface area contributed by atoms with Gasteiger partial charge in [0.2, 0.25) is 0 Å². The first-order valence-electron chi connectivity index (χ1n) is 4.71. The predicted molar refractivity (Wildman–Crippen MR) is 62.8 cm³/mol. The Morgan fingerprint density at radius 2 is 2.00 bits per heavy atom. The van der Waals surface area contributed by atoms with E-state index in [4.69, 9.17) is 10.8 Å². The van der Waals surface area contributed by atoms with Crippen LogP contribution >= 0.6 is 11.3 Å². The van der Waals surface area contributed by atoms with E-state index in [1.54, 1.807) is 11.3 Å². The van der Waals surface area contributed by atoms with Gasteiger partial charge in [0.15, 0.2) is 0 Å². The van der Waals surface area contributed by atoms with Crippen molar-refractivity contribution < 1.29 is 5.11 Å². The van der Waals surface area contributed by atoms with Crippen molar-refractivity contribution in [3.8, 4) is 11.3 Å². The maximum Gasteiger partial charge on any atom is 0.0955 e. The molecule has 2 aromatic rings. The van der Waals surface area contributed by atoms with Crippen molar-refractivity contribution in [2.24, 2.45) is 0 Å². The third-order valence-corrected chi connectivity index (χ3v) is 2.99. The second-order valence-corrected chi connectivity index (χ2v) is 4.16. The molecule has 0 aliphatic rings. The molecule has 0 spiro atoms. The quantitative estimate of drug-likeness (QED) is 0.777. The van der Waals surface area contributed by atoms with E-state index in [-0.39, 0.29) is 6.61 Å². The lowest BCUT2D eigenvalue weighted by molar-refractivity contribution is 0.299. The van der Waals surface area contributed by atoms with E-state index < -0.39 is 0 Å². The molecule has 3 nitrogen and oxygen atoms in total.